The highest BCUT2D eigenvalue weighted by atomic mass is 32.2. The Morgan fingerprint density at radius 1 is 1.19 bits per heavy atom. The molecule has 2 aromatic heterocycles. The average molecular weight is 441 g/mol. The summed E-state index contributed by atoms with van der Waals surface area (Å²) in [6.45, 7) is 8.41. The summed E-state index contributed by atoms with van der Waals surface area (Å²) in [6, 6.07) is 10.1. The zero-order valence-electron chi connectivity index (χ0n) is 18.6. The molecular formula is C23H32N6OS. The lowest BCUT2D eigenvalue weighted by Crippen LogP contribution is -2.27. The maximum absolute atomic E-state index is 12.2. The number of amides is 1. The maximum atomic E-state index is 12.2. The summed E-state index contributed by atoms with van der Waals surface area (Å²) >= 11 is 1.66. The number of carbonyl (C=O) groups excluding carboxylic acids is 1. The molecular weight excluding hydrogens is 408 g/mol. The Hall–Kier alpha value is -2.61. The molecule has 0 saturated carbocycles. The third-order valence-corrected chi connectivity index (χ3v) is 5.77. The number of fused-ring (bicyclic) bond motifs is 1. The van der Waals surface area contributed by atoms with Gasteiger partial charge in [-0.05, 0) is 24.3 Å². The standard InChI is InChI=1S/C23H32N6OS/c1-4-14-31-23-27-21(25-15-17(2)3)19-16-26-29(22(19)28-23)13-12-24-20(30)11-10-18-8-6-5-7-9-18/h5-9,16-17H,4,10-15H2,1-3H3,(H,24,30)(H,25,27,28). The maximum Gasteiger partial charge on any atom is 0.220 e. The first-order chi connectivity index (χ1) is 15.1. The molecule has 1 aromatic carbocycles. The van der Waals surface area contributed by atoms with Crippen LogP contribution in [0.1, 0.15) is 39.2 Å². The van der Waals surface area contributed by atoms with Crippen LogP contribution < -0.4 is 10.6 Å². The number of rotatable bonds is 12. The van der Waals surface area contributed by atoms with Crippen molar-refractivity contribution in [2.24, 2.45) is 5.92 Å². The van der Waals surface area contributed by atoms with E-state index in [1.807, 2.05) is 41.2 Å². The third-order valence-electron chi connectivity index (χ3n) is 4.72. The predicted molar refractivity (Wildman–Crippen MR) is 127 cm³/mol. The summed E-state index contributed by atoms with van der Waals surface area (Å²) in [5.41, 5.74) is 1.98. The number of thioether (sulfide) groups is 1. The van der Waals surface area contributed by atoms with Crippen LogP contribution in [0.15, 0.2) is 41.7 Å². The molecule has 0 aliphatic rings. The van der Waals surface area contributed by atoms with Crippen LogP contribution >= 0.6 is 11.8 Å². The molecule has 0 fully saturated rings. The summed E-state index contributed by atoms with van der Waals surface area (Å²) in [5, 5.41) is 12.6. The Balaban J connectivity index is 1.62. The predicted octanol–water partition coefficient (Wildman–Crippen LogP) is 4.15. The van der Waals surface area contributed by atoms with Crippen molar-refractivity contribution in [3.05, 3.63) is 42.1 Å². The molecule has 0 aliphatic carbocycles. The lowest BCUT2D eigenvalue weighted by atomic mass is 10.1. The van der Waals surface area contributed by atoms with Crippen LogP contribution in [0.5, 0.6) is 0 Å². The molecule has 0 radical (unpaired) electrons. The number of nitrogens with one attached hydrogen (secondary N) is 2. The van der Waals surface area contributed by atoms with E-state index in [-0.39, 0.29) is 5.91 Å². The molecule has 0 unspecified atom stereocenters. The van der Waals surface area contributed by atoms with Crippen molar-refractivity contribution in [2.75, 3.05) is 24.2 Å². The summed E-state index contributed by atoms with van der Waals surface area (Å²) in [5.74, 6) is 2.36. The summed E-state index contributed by atoms with van der Waals surface area (Å²) in [7, 11) is 0. The number of hydrogen-bond donors (Lipinski definition) is 2. The van der Waals surface area contributed by atoms with Crippen molar-refractivity contribution in [3.8, 4) is 0 Å². The number of aryl methyl sites for hydroxylation is 1. The van der Waals surface area contributed by atoms with E-state index in [4.69, 9.17) is 9.97 Å². The van der Waals surface area contributed by atoms with Crippen molar-refractivity contribution in [1.82, 2.24) is 25.1 Å². The highest BCUT2D eigenvalue weighted by Gasteiger charge is 2.14. The monoisotopic (exact) mass is 440 g/mol. The lowest BCUT2D eigenvalue weighted by molar-refractivity contribution is -0.121. The Morgan fingerprint density at radius 3 is 2.74 bits per heavy atom. The largest absolute Gasteiger partial charge is 0.369 e. The van der Waals surface area contributed by atoms with Gasteiger partial charge in [-0.2, -0.15) is 5.10 Å². The van der Waals surface area contributed by atoms with E-state index in [1.165, 1.54) is 5.56 Å². The van der Waals surface area contributed by atoms with E-state index < -0.39 is 0 Å². The number of anilines is 1. The SMILES string of the molecule is CCCSc1nc(NCC(C)C)c2cnn(CCNC(=O)CCc3ccccc3)c2n1. The molecule has 1 amide bonds. The molecule has 3 rings (SSSR count). The molecule has 2 heterocycles. The molecule has 0 atom stereocenters. The van der Waals surface area contributed by atoms with Gasteiger partial charge in [-0.25, -0.2) is 14.6 Å². The van der Waals surface area contributed by atoms with Gasteiger partial charge < -0.3 is 10.6 Å². The first kappa shape index (κ1) is 23.1. The van der Waals surface area contributed by atoms with Gasteiger partial charge in [0.1, 0.15) is 5.82 Å². The van der Waals surface area contributed by atoms with Gasteiger partial charge in [-0.1, -0.05) is 62.9 Å². The van der Waals surface area contributed by atoms with E-state index in [0.717, 1.165) is 47.1 Å². The van der Waals surface area contributed by atoms with Gasteiger partial charge in [0.15, 0.2) is 10.8 Å². The molecule has 3 aromatic rings. The molecule has 0 aliphatic heterocycles. The highest BCUT2D eigenvalue weighted by molar-refractivity contribution is 7.99. The van der Waals surface area contributed by atoms with E-state index in [1.54, 1.807) is 11.8 Å². The van der Waals surface area contributed by atoms with Gasteiger partial charge in [0.25, 0.3) is 0 Å². The molecule has 0 saturated heterocycles. The molecule has 8 heteroatoms. The topological polar surface area (TPSA) is 84.7 Å². The summed E-state index contributed by atoms with van der Waals surface area (Å²) in [6.07, 6.45) is 4.10. The fourth-order valence-electron chi connectivity index (χ4n) is 3.08. The first-order valence-electron chi connectivity index (χ1n) is 11.0. The summed E-state index contributed by atoms with van der Waals surface area (Å²) < 4.78 is 1.85. The van der Waals surface area contributed by atoms with Gasteiger partial charge in [-0.15, -0.1) is 0 Å². The number of benzene rings is 1. The number of nitrogens with zero attached hydrogens (tertiary/aromatic N) is 4. The van der Waals surface area contributed by atoms with Crippen LogP contribution in [0.4, 0.5) is 5.82 Å². The van der Waals surface area contributed by atoms with Crippen LogP contribution in [-0.2, 0) is 17.8 Å². The Morgan fingerprint density at radius 2 is 2.00 bits per heavy atom. The van der Waals surface area contributed by atoms with E-state index in [9.17, 15) is 4.79 Å². The smallest absolute Gasteiger partial charge is 0.220 e. The van der Waals surface area contributed by atoms with Crippen LogP contribution in [0.3, 0.4) is 0 Å². The molecule has 31 heavy (non-hydrogen) atoms. The Labute approximate surface area is 188 Å². The van der Waals surface area contributed by atoms with E-state index in [0.29, 0.717) is 25.4 Å². The van der Waals surface area contributed by atoms with Crippen molar-refractivity contribution < 1.29 is 4.79 Å². The van der Waals surface area contributed by atoms with Crippen molar-refractivity contribution >= 4 is 34.5 Å². The van der Waals surface area contributed by atoms with Gasteiger partial charge in [0.05, 0.1) is 18.1 Å². The van der Waals surface area contributed by atoms with Crippen LogP contribution in [0.25, 0.3) is 11.0 Å². The van der Waals surface area contributed by atoms with Gasteiger partial charge in [-0.3, -0.25) is 4.79 Å². The Kier molecular flexibility index (Phi) is 8.70. The Bertz CT molecular complexity index is 973. The van der Waals surface area contributed by atoms with E-state index in [2.05, 4.69) is 36.5 Å². The molecule has 7 nitrogen and oxygen atoms in total. The second-order valence-electron chi connectivity index (χ2n) is 7.92. The van der Waals surface area contributed by atoms with E-state index >= 15 is 0 Å². The minimum absolute atomic E-state index is 0.0495. The minimum atomic E-state index is 0.0495. The van der Waals surface area contributed by atoms with Crippen molar-refractivity contribution in [2.45, 2.75) is 51.7 Å². The molecule has 0 spiro atoms. The van der Waals surface area contributed by atoms with Crippen molar-refractivity contribution in [3.63, 3.8) is 0 Å². The van der Waals surface area contributed by atoms with Crippen LogP contribution in [0.2, 0.25) is 0 Å². The average Bonchev–Trinajstić information content (AvgIpc) is 3.18. The van der Waals surface area contributed by atoms with Gasteiger partial charge in [0.2, 0.25) is 5.91 Å². The normalized spacial score (nSPS) is 11.2. The molecule has 2 N–H and O–H groups in total. The second kappa shape index (κ2) is 11.7. The van der Waals surface area contributed by atoms with Gasteiger partial charge in [0, 0.05) is 25.3 Å². The fraction of sp³-hybridized carbons (Fsp3) is 0.478. The number of aromatic nitrogens is 4. The zero-order chi connectivity index (χ0) is 22.1. The second-order valence-corrected chi connectivity index (χ2v) is 8.98. The van der Waals surface area contributed by atoms with Crippen molar-refractivity contribution in [1.29, 1.82) is 0 Å². The van der Waals surface area contributed by atoms with Crippen LogP contribution in [-0.4, -0.2) is 44.5 Å². The number of hydrogen-bond acceptors (Lipinski definition) is 6. The molecule has 0 bridgehead atoms. The molecule has 166 valence electrons. The van der Waals surface area contributed by atoms with Crippen LogP contribution in [0, 0.1) is 5.92 Å². The third kappa shape index (κ3) is 6.95. The minimum Gasteiger partial charge on any atom is -0.369 e. The summed E-state index contributed by atoms with van der Waals surface area (Å²) in [4.78, 5) is 21.6. The fourth-order valence-corrected chi connectivity index (χ4v) is 3.78. The number of carbonyl (C=O) groups is 1. The van der Waals surface area contributed by atoms with Gasteiger partial charge >= 0.3 is 0 Å². The lowest BCUT2D eigenvalue weighted by Gasteiger charge is -2.11. The first-order valence-corrected chi connectivity index (χ1v) is 12.0. The zero-order valence-corrected chi connectivity index (χ0v) is 19.4. The highest BCUT2D eigenvalue weighted by Crippen LogP contribution is 2.25. The quantitative estimate of drug-likeness (QED) is 0.325.